The van der Waals surface area contributed by atoms with E-state index in [4.69, 9.17) is 0 Å². The second kappa shape index (κ2) is 5.86. The normalized spacial score (nSPS) is 12.3. The van der Waals surface area contributed by atoms with Gasteiger partial charge in [0.25, 0.3) is 0 Å². The van der Waals surface area contributed by atoms with Crippen LogP contribution in [0.5, 0.6) is 0 Å². The molecule has 0 heterocycles. The Labute approximate surface area is 109 Å². The Morgan fingerprint density at radius 3 is 2.53 bits per heavy atom. The van der Waals surface area contributed by atoms with Crippen molar-refractivity contribution >= 4 is 37.9 Å². The molecule has 0 nitrogen and oxygen atoms in total. The monoisotopic (exact) mass is 330 g/mol. The summed E-state index contributed by atoms with van der Waals surface area (Å²) in [4.78, 5) is 0. The highest BCUT2D eigenvalue weighted by Gasteiger charge is 2.03. The zero-order valence-electron chi connectivity index (χ0n) is 9.35. The Morgan fingerprint density at radius 2 is 2.07 bits per heavy atom. The van der Waals surface area contributed by atoms with Gasteiger partial charge in [0.15, 0.2) is 0 Å². The Hall–Kier alpha value is -0.0800. The van der Waals surface area contributed by atoms with Gasteiger partial charge in [0.05, 0.1) is 0 Å². The Morgan fingerprint density at radius 1 is 1.40 bits per heavy atom. The first-order chi connectivity index (χ1) is 7.04. The first-order valence-corrected chi connectivity index (χ1v) is 6.98. The lowest BCUT2D eigenvalue weighted by Gasteiger charge is -2.09. The largest absolute Gasteiger partial charge is 0.0880 e. The van der Waals surface area contributed by atoms with Crippen molar-refractivity contribution in [3.8, 4) is 0 Å². The summed E-state index contributed by atoms with van der Waals surface area (Å²) in [5, 5.41) is 0.935. The highest BCUT2D eigenvalue weighted by molar-refractivity contribution is 9.10. The van der Waals surface area contributed by atoms with E-state index < -0.39 is 0 Å². The van der Waals surface area contributed by atoms with Crippen LogP contribution in [0.2, 0.25) is 0 Å². The van der Waals surface area contributed by atoms with Gasteiger partial charge in [0.2, 0.25) is 0 Å². The van der Waals surface area contributed by atoms with Gasteiger partial charge in [-0.1, -0.05) is 69.5 Å². The minimum Gasteiger partial charge on any atom is -0.0880 e. The van der Waals surface area contributed by atoms with Crippen LogP contribution in [0.1, 0.15) is 25.0 Å². The van der Waals surface area contributed by atoms with Gasteiger partial charge < -0.3 is 0 Å². The minimum absolute atomic E-state index is 0.581. The average Bonchev–Trinajstić information content (AvgIpc) is 2.16. The predicted octanol–water partition coefficient (Wildman–Crippen LogP) is 5.19. The molecule has 0 saturated heterocycles. The van der Waals surface area contributed by atoms with Gasteiger partial charge >= 0.3 is 0 Å². The van der Waals surface area contributed by atoms with Gasteiger partial charge in [0, 0.05) is 9.80 Å². The second-order valence-electron chi connectivity index (χ2n) is 4.03. The average molecular weight is 332 g/mol. The summed E-state index contributed by atoms with van der Waals surface area (Å²) in [5.41, 5.74) is 3.95. The molecule has 82 valence electrons. The van der Waals surface area contributed by atoms with Crippen molar-refractivity contribution < 1.29 is 0 Å². The smallest absolute Gasteiger partial charge is 0.0250 e. The van der Waals surface area contributed by atoms with Gasteiger partial charge in [0.1, 0.15) is 0 Å². The van der Waals surface area contributed by atoms with Crippen molar-refractivity contribution in [3.63, 3.8) is 0 Å². The van der Waals surface area contributed by atoms with E-state index in [9.17, 15) is 0 Å². The van der Waals surface area contributed by atoms with E-state index in [1.165, 1.54) is 21.2 Å². The van der Waals surface area contributed by atoms with Crippen LogP contribution in [0, 0.1) is 12.8 Å². The van der Waals surface area contributed by atoms with E-state index in [-0.39, 0.29) is 0 Å². The second-order valence-corrected chi connectivity index (χ2v) is 5.45. The number of allylic oxidation sites excluding steroid dienone is 1. The summed E-state index contributed by atoms with van der Waals surface area (Å²) in [6.07, 6.45) is 2.25. The third-order valence-electron chi connectivity index (χ3n) is 2.39. The van der Waals surface area contributed by atoms with Crippen molar-refractivity contribution in [2.45, 2.75) is 20.8 Å². The third kappa shape index (κ3) is 3.76. The molecule has 0 aliphatic heterocycles. The third-order valence-corrected chi connectivity index (χ3v) is 3.73. The molecule has 0 aromatic heterocycles. The molecule has 0 bridgehead atoms. The van der Waals surface area contributed by atoms with E-state index in [2.05, 4.69) is 76.9 Å². The van der Waals surface area contributed by atoms with Crippen molar-refractivity contribution in [1.82, 2.24) is 0 Å². The maximum absolute atomic E-state index is 3.59. The Kier molecular flexibility index (Phi) is 5.07. The molecule has 0 N–H and O–H groups in total. The van der Waals surface area contributed by atoms with Gasteiger partial charge in [-0.25, -0.2) is 0 Å². The quantitative estimate of drug-likeness (QED) is 0.668. The van der Waals surface area contributed by atoms with Gasteiger partial charge in [-0.2, -0.15) is 0 Å². The number of hydrogen-bond donors (Lipinski definition) is 0. The van der Waals surface area contributed by atoms with E-state index >= 15 is 0 Å². The lowest BCUT2D eigenvalue weighted by atomic mass is 10.0. The lowest BCUT2D eigenvalue weighted by Crippen LogP contribution is -1.95. The van der Waals surface area contributed by atoms with Crippen LogP contribution in [-0.4, -0.2) is 5.33 Å². The molecule has 0 radical (unpaired) electrons. The zero-order chi connectivity index (χ0) is 11.4. The van der Waals surface area contributed by atoms with Crippen LogP contribution in [0.4, 0.5) is 0 Å². The summed E-state index contributed by atoms with van der Waals surface area (Å²) < 4.78 is 1.17. The molecule has 0 saturated carbocycles. The van der Waals surface area contributed by atoms with Crippen molar-refractivity contribution in [2.75, 3.05) is 5.33 Å². The Bertz CT molecular complexity index is 365. The molecule has 15 heavy (non-hydrogen) atoms. The molecule has 0 amide bonds. The number of hydrogen-bond acceptors (Lipinski definition) is 0. The molecule has 1 rings (SSSR count). The summed E-state index contributed by atoms with van der Waals surface area (Å²) in [6.45, 7) is 6.54. The molecule has 0 fully saturated rings. The fourth-order valence-electron chi connectivity index (χ4n) is 1.31. The molecule has 0 aliphatic carbocycles. The van der Waals surface area contributed by atoms with Crippen LogP contribution in [0.25, 0.3) is 6.08 Å². The van der Waals surface area contributed by atoms with E-state index in [1.807, 2.05) is 0 Å². The number of benzene rings is 1. The van der Waals surface area contributed by atoms with E-state index in [0.717, 1.165) is 5.33 Å². The van der Waals surface area contributed by atoms with Crippen molar-refractivity contribution in [3.05, 3.63) is 39.4 Å². The predicted molar refractivity (Wildman–Crippen MR) is 75.5 cm³/mol. The summed E-state index contributed by atoms with van der Waals surface area (Å²) in [7, 11) is 0. The van der Waals surface area contributed by atoms with Gasteiger partial charge in [-0.3, -0.25) is 0 Å². The van der Waals surface area contributed by atoms with Gasteiger partial charge in [-0.15, -0.1) is 0 Å². The minimum atomic E-state index is 0.581. The van der Waals surface area contributed by atoms with Crippen molar-refractivity contribution in [1.29, 1.82) is 0 Å². The van der Waals surface area contributed by atoms with Crippen LogP contribution >= 0.6 is 31.9 Å². The molecule has 0 unspecified atom stereocenters. The first kappa shape index (κ1) is 13.0. The zero-order valence-corrected chi connectivity index (χ0v) is 12.5. The van der Waals surface area contributed by atoms with Gasteiger partial charge in [-0.05, 0) is 30.0 Å². The molecule has 1 aromatic rings. The fraction of sp³-hybridized carbons (Fsp3) is 0.385. The molecular weight excluding hydrogens is 316 g/mol. The number of rotatable bonds is 3. The molecule has 0 atom stereocenters. The molecule has 0 spiro atoms. The highest BCUT2D eigenvalue weighted by Crippen LogP contribution is 2.23. The fourth-order valence-corrected chi connectivity index (χ4v) is 2.73. The molecule has 2 heteroatoms. The summed E-state index contributed by atoms with van der Waals surface area (Å²) in [5.74, 6) is 0.581. The van der Waals surface area contributed by atoms with Crippen LogP contribution in [0.15, 0.2) is 28.2 Å². The topological polar surface area (TPSA) is 0 Å². The SMILES string of the molecule is Cc1ccc(/C=C(\CBr)C(C)C)c(Br)c1. The molecular formula is C13H16Br2. The maximum atomic E-state index is 3.59. The highest BCUT2D eigenvalue weighted by atomic mass is 79.9. The molecule has 0 aliphatic rings. The van der Waals surface area contributed by atoms with E-state index in [1.54, 1.807) is 0 Å². The number of alkyl halides is 1. The Balaban J connectivity index is 3.06. The van der Waals surface area contributed by atoms with Crippen molar-refractivity contribution in [2.24, 2.45) is 5.92 Å². The maximum Gasteiger partial charge on any atom is 0.0250 e. The molecule has 1 aromatic carbocycles. The number of aryl methyl sites for hydroxylation is 1. The lowest BCUT2D eigenvalue weighted by molar-refractivity contribution is 0.781. The van der Waals surface area contributed by atoms with Crippen LogP contribution in [-0.2, 0) is 0 Å². The van der Waals surface area contributed by atoms with E-state index in [0.29, 0.717) is 5.92 Å². The summed E-state index contributed by atoms with van der Waals surface area (Å²) >= 11 is 7.12. The summed E-state index contributed by atoms with van der Waals surface area (Å²) in [6, 6.07) is 6.45. The van der Waals surface area contributed by atoms with Crippen LogP contribution in [0.3, 0.4) is 0 Å². The number of halogens is 2. The first-order valence-electron chi connectivity index (χ1n) is 5.07. The standard InChI is InChI=1S/C13H16Br2/c1-9(2)12(8-14)7-11-5-4-10(3)6-13(11)15/h4-7,9H,8H2,1-3H3/b12-7+. The van der Waals surface area contributed by atoms with Crippen LogP contribution < -0.4 is 0 Å².